The second-order valence-corrected chi connectivity index (χ2v) is 12.4. The first-order valence-corrected chi connectivity index (χ1v) is 15.3. The number of hydrogen-bond acceptors (Lipinski definition) is 3. The molecule has 1 aliphatic rings. The van der Waals surface area contributed by atoms with Crippen LogP contribution in [0.25, 0.3) is 49.9 Å². The molecule has 0 saturated carbocycles. The van der Waals surface area contributed by atoms with Crippen molar-refractivity contribution in [2.75, 3.05) is 0 Å². The number of rotatable bonds is 6. The van der Waals surface area contributed by atoms with Gasteiger partial charge < -0.3 is 10.2 Å². The van der Waals surface area contributed by atoms with E-state index in [2.05, 4.69) is 128 Å². The fourth-order valence-electron chi connectivity index (χ4n) is 7.05. The van der Waals surface area contributed by atoms with E-state index < -0.39 is 0 Å². The predicted octanol–water partition coefficient (Wildman–Crippen LogP) is 10.0. The number of nitrogens with one attached hydrogen (secondary N) is 1. The molecule has 214 valence electrons. The van der Waals surface area contributed by atoms with Gasteiger partial charge in [-0.15, -0.1) is 0 Å². The van der Waals surface area contributed by atoms with E-state index in [0.717, 1.165) is 33.1 Å². The molecule has 1 heterocycles. The van der Waals surface area contributed by atoms with E-state index in [9.17, 15) is 0 Å². The van der Waals surface area contributed by atoms with Crippen molar-refractivity contribution in [3.05, 3.63) is 161 Å². The lowest BCUT2D eigenvalue weighted by atomic mass is 9.81. The Kier molecular flexibility index (Phi) is 6.26. The van der Waals surface area contributed by atoms with Gasteiger partial charge in [0.2, 0.25) is 0 Å². The molecule has 0 radical (unpaired) electrons. The van der Waals surface area contributed by atoms with Crippen LogP contribution in [0.5, 0.6) is 0 Å². The molecule has 2 atom stereocenters. The van der Waals surface area contributed by atoms with Gasteiger partial charge in [0.25, 0.3) is 0 Å². The monoisotopic (exact) mass is 570 g/mol. The van der Waals surface area contributed by atoms with Gasteiger partial charge in [-0.1, -0.05) is 135 Å². The SMILES string of the molecule is CC1(C)c2cc3ccccc3cc2-c2c(/C=C/C(NC(N)c3ccccc3)c3cccc4c3oc3ccccc34)cccc21. The first-order valence-electron chi connectivity index (χ1n) is 15.3. The molecular formula is C41H34N2O. The van der Waals surface area contributed by atoms with Crippen LogP contribution in [0, 0.1) is 0 Å². The van der Waals surface area contributed by atoms with Crippen LogP contribution in [0.3, 0.4) is 0 Å². The Labute approximate surface area is 257 Å². The van der Waals surface area contributed by atoms with Crippen LogP contribution in [-0.2, 0) is 5.41 Å². The maximum Gasteiger partial charge on any atom is 0.140 e. The molecule has 0 amide bonds. The highest BCUT2D eigenvalue weighted by atomic mass is 16.3. The molecule has 0 aliphatic heterocycles. The molecule has 3 nitrogen and oxygen atoms in total. The Morgan fingerprint density at radius 2 is 1.41 bits per heavy atom. The summed E-state index contributed by atoms with van der Waals surface area (Å²) in [7, 11) is 0. The standard InChI is InChI=1S/C41H34N2O/c1-41(2)34-20-10-16-26(38(34)33-24-28-14-6-7-15-29(28)25-35(33)41)22-23-36(43-40(42)27-12-4-3-5-13-27)32-19-11-18-31-30-17-8-9-21-37(30)44-39(31)32/h3-25,36,40,43H,42H2,1-2H3/b23-22+. The van der Waals surface area contributed by atoms with Gasteiger partial charge in [0.15, 0.2) is 0 Å². The minimum atomic E-state index is -0.363. The summed E-state index contributed by atoms with van der Waals surface area (Å²) in [5, 5.41) is 8.48. The lowest BCUT2D eigenvalue weighted by molar-refractivity contribution is 0.506. The van der Waals surface area contributed by atoms with E-state index >= 15 is 0 Å². The number of benzene rings is 6. The van der Waals surface area contributed by atoms with Crippen molar-refractivity contribution in [1.29, 1.82) is 0 Å². The first kappa shape index (κ1) is 26.7. The number of nitrogens with two attached hydrogens (primary N) is 1. The van der Waals surface area contributed by atoms with E-state index in [1.165, 1.54) is 38.6 Å². The van der Waals surface area contributed by atoms with Crippen LogP contribution in [0.15, 0.2) is 138 Å². The molecule has 6 aromatic carbocycles. The molecule has 0 spiro atoms. The first-order chi connectivity index (χ1) is 21.5. The second kappa shape index (κ2) is 10.3. The van der Waals surface area contributed by atoms with Crippen LogP contribution in [0.4, 0.5) is 0 Å². The zero-order valence-electron chi connectivity index (χ0n) is 24.9. The van der Waals surface area contributed by atoms with Gasteiger partial charge in [-0.25, -0.2) is 0 Å². The average molecular weight is 571 g/mol. The van der Waals surface area contributed by atoms with E-state index in [-0.39, 0.29) is 17.6 Å². The summed E-state index contributed by atoms with van der Waals surface area (Å²) in [6.45, 7) is 4.68. The van der Waals surface area contributed by atoms with E-state index in [1.54, 1.807) is 0 Å². The Morgan fingerprint density at radius 1 is 0.705 bits per heavy atom. The van der Waals surface area contributed by atoms with Crippen LogP contribution in [-0.4, -0.2) is 0 Å². The van der Waals surface area contributed by atoms with Crippen molar-refractivity contribution < 1.29 is 4.42 Å². The van der Waals surface area contributed by atoms with Gasteiger partial charge in [0.1, 0.15) is 11.2 Å². The van der Waals surface area contributed by atoms with Crippen molar-refractivity contribution in [3.63, 3.8) is 0 Å². The Hall–Kier alpha value is -4.96. The zero-order valence-corrected chi connectivity index (χ0v) is 24.9. The summed E-state index contributed by atoms with van der Waals surface area (Å²) in [5.74, 6) is 0. The number of fused-ring (bicyclic) bond motifs is 7. The molecule has 1 aliphatic carbocycles. The van der Waals surface area contributed by atoms with Gasteiger partial charge >= 0.3 is 0 Å². The molecule has 8 rings (SSSR count). The van der Waals surface area contributed by atoms with Crippen molar-refractivity contribution >= 4 is 38.8 Å². The summed E-state index contributed by atoms with van der Waals surface area (Å²) in [6.07, 6.45) is 4.14. The maximum absolute atomic E-state index is 6.79. The quantitative estimate of drug-likeness (QED) is 0.196. The van der Waals surface area contributed by atoms with Gasteiger partial charge in [-0.2, -0.15) is 0 Å². The summed E-state index contributed by atoms with van der Waals surface area (Å²) >= 11 is 0. The van der Waals surface area contributed by atoms with Gasteiger partial charge in [0, 0.05) is 21.8 Å². The largest absolute Gasteiger partial charge is 0.456 e. The lowest BCUT2D eigenvalue weighted by Gasteiger charge is -2.22. The van der Waals surface area contributed by atoms with Crippen LogP contribution >= 0.6 is 0 Å². The highest BCUT2D eigenvalue weighted by Crippen LogP contribution is 2.51. The third kappa shape index (κ3) is 4.28. The number of furan rings is 1. The lowest BCUT2D eigenvalue weighted by Crippen LogP contribution is -2.31. The molecule has 44 heavy (non-hydrogen) atoms. The Morgan fingerprint density at radius 3 is 2.25 bits per heavy atom. The van der Waals surface area contributed by atoms with E-state index in [0.29, 0.717) is 0 Å². The molecule has 3 N–H and O–H groups in total. The fourth-order valence-corrected chi connectivity index (χ4v) is 7.05. The maximum atomic E-state index is 6.79. The summed E-state index contributed by atoms with van der Waals surface area (Å²) in [5.41, 5.74) is 17.1. The minimum Gasteiger partial charge on any atom is -0.456 e. The van der Waals surface area contributed by atoms with Crippen LogP contribution < -0.4 is 11.1 Å². The van der Waals surface area contributed by atoms with Gasteiger partial charge in [0.05, 0.1) is 12.2 Å². The third-order valence-electron chi connectivity index (χ3n) is 9.35. The third-order valence-corrected chi connectivity index (χ3v) is 9.35. The smallest absolute Gasteiger partial charge is 0.140 e. The van der Waals surface area contributed by atoms with Gasteiger partial charge in [-0.05, 0) is 62.4 Å². The van der Waals surface area contributed by atoms with Crippen LogP contribution in [0.2, 0.25) is 0 Å². The van der Waals surface area contributed by atoms with Crippen molar-refractivity contribution in [2.45, 2.75) is 31.5 Å². The van der Waals surface area contributed by atoms with Crippen molar-refractivity contribution in [2.24, 2.45) is 5.73 Å². The Balaban J connectivity index is 1.27. The number of para-hydroxylation sites is 2. The summed E-state index contributed by atoms with van der Waals surface area (Å²) in [4.78, 5) is 0. The van der Waals surface area contributed by atoms with Crippen LogP contribution in [0.1, 0.15) is 53.9 Å². The topological polar surface area (TPSA) is 51.2 Å². The van der Waals surface area contributed by atoms with E-state index in [1.807, 2.05) is 30.3 Å². The van der Waals surface area contributed by atoms with Gasteiger partial charge in [-0.3, -0.25) is 5.32 Å². The number of hydrogen-bond donors (Lipinski definition) is 2. The zero-order chi connectivity index (χ0) is 29.8. The fraction of sp³-hybridized carbons (Fsp3) is 0.122. The Bertz CT molecular complexity index is 2210. The molecule has 0 fully saturated rings. The normalized spacial score (nSPS) is 15.2. The second-order valence-electron chi connectivity index (χ2n) is 12.4. The van der Waals surface area contributed by atoms with Crippen molar-refractivity contribution in [1.82, 2.24) is 5.32 Å². The highest BCUT2D eigenvalue weighted by Gasteiger charge is 2.36. The van der Waals surface area contributed by atoms with E-state index in [4.69, 9.17) is 10.2 Å². The molecule has 3 heteroatoms. The highest BCUT2D eigenvalue weighted by molar-refractivity contribution is 6.06. The summed E-state index contributed by atoms with van der Waals surface area (Å²) in [6, 6.07) is 44.7. The average Bonchev–Trinajstić information content (AvgIpc) is 3.55. The molecule has 1 aromatic heterocycles. The van der Waals surface area contributed by atoms with Crippen molar-refractivity contribution in [3.8, 4) is 11.1 Å². The molecule has 0 saturated heterocycles. The molecular weight excluding hydrogens is 536 g/mol. The molecule has 2 unspecified atom stereocenters. The predicted molar refractivity (Wildman–Crippen MR) is 184 cm³/mol. The summed E-state index contributed by atoms with van der Waals surface area (Å²) < 4.78 is 6.48. The molecule has 0 bridgehead atoms. The minimum absolute atomic E-state index is 0.0915. The molecule has 7 aromatic rings.